The molecule has 0 aromatic carbocycles. The molecule has 0 bridgehead atoms. The van der Waals surface area contributed by atoms with Crippen molar-refractivity contribution in [2.75, 3.05) is 23.9 Å². The summed E-state index contributed by atoms with van der Waals surface area (Å²) in [4.78, 5) is 0.149. The maximum atomic E-state index is 11.9. The molecule has 0 spiro atoms. The second-order valence-electron chi connectivity index (χ2n) is 4.30. The van der Waals surface area contributed by atoms with Crippen LogP contribution in [0.5, 0.6) is 0 Å². The van der Waals surface area contributed by atoms with Gasteiger partial charge in [0.05, 0.1) is 11.9 Å². The molecule has 0 atom stereocenters. The van der Waals surface area contributed by atoms with Crippen LogP contribution in [0.4, 0.5) is 10.8 Å². The van der Waals surface area contributed by atoms with Crippen molar-refractivity contribution in [1.82, 2.24) is 4.37 Å². The number of aromatic nitrogens is 1. The fourth-order valence-corrected chi connectivity index (χ4v) is 4.12. The molecule has 3 N–H and O–H groups in total. The molecule has 1 fully saturated rings. The Hall–Kier alpha value is -0.860. The molecule has 1 aromatic rings. The molecule has 0 radical (unpaired) electrons. The van der Waals surface area contributed by atoms with Gasteiger partial charge in [0.1, 0.15) is 9.90 Å². The van der Waals surface area contributed by atoms with E-state index in [0.717, 1.165) is 24.4 Å². The highest BCUT2D eigenvalue weighted by atomic mass is 32.2. The van der Waals surface area contributed by atoms with Gasteiger partial charge in [0.15, 0.2) is 15.7 Å². The van der Waals surface area contributed by atoms with E-state index in [9.17, 15) is 8.42 Å². The van der Waals surface area contributed by atoms with Crippen LogP contribution in [0.3, 0.4) is 0 Å². The van der Waals surface area contributed by atoms with Gasteiger partial charge < -0.3 is 15.8 Å². The molecule has 1 aliphatic rings. The van der Waals surface area contributed by atoms with Crippen LogP contribution >= 0.6 is 11.5 Å². The highest BCUT2D eigenvalue weighted by molar-refractivity contribution is 7.91. The molecule has 0 aliphatic heterocycles. The third-order valence-corrected chi connectivity index (χ3v) is 5.85. The van der Waals surface area contributed by atoms with E-state index in [0.29, 0.717) is 5.00 Å². The van der Waals surface area contributed by atoms with Gasteiger partial charge in [0.2, 0.25) is 0 Å². The first-order chi connectivity index (χ1) is 8.47. The lowest BCUT2D eigenvalue weighted by Crippen LogP contribution is -2.40. The molecule has 0 amide bonds. The number of methoxy groups -OCH3 is 1. The van der Waals surface area contributed by atoms with Crippen LogP contribution in [-0.2, 0) is 14.6 Å². The van der Waals surface area contributed by atoms with E-state index >= 15 is 0 Å². The van der Waals surface area contributed by atoms with Gasteiger partial charge in [-0.2, -0.15) is 4.37 Å². The van der Waals surface area contributed by atoms with Gasteiger partial charge in [-0.1, -0.05) is 6.92 Å². The fourth-order valence-electron chi connectivity index (χ4n) is 1.89. The van der Waals surface area contributed by atoms with Crippen LogP contribution in [0, 0.1) is 0 Å². The number of ether oxygens (including phenoxy) is 1. The zero-order valence-electron chi connectivity index (χ0n) is 10.3. The number of nitrogen functional groups attached to an aromatic ring is 1. The molecule has 0 unspecified atom stereocenters. The van der Waals surface area contributed by atoms with Crippen molar-refractivity contribution in [1.29, 1.82) is 0 Å². The molecule has 1 heterocycles. The molecule has 1 aromatic heterocycles. The zero-order valence-corrected chi connectivity index (χ0v) is 12.0. The van der Waals surface area contributed by atoms with E-state index in [2.05, 4.69) is 9.69 Å². The smallest absolute Gasteiger partial charge is 0.184 e. The van der Waals surface area contributed by atoms with Crippen molar-refractivity contribution in [3.05, 3.63) is 0 Å². The first-order valence-electron chi connectivity index (χ1n) is 5.75. The van der Waals surface area contributed by atoms with Crippen molar-refractivity contribution >= 4 is 32.2 Å². The molecule has 2 rings (SSSR count). The Balaban J connectivity index is 2.15. The molecule has 1 saturated carbocycles. The Morgan fingerprint density at radius 2 is 2.22 bits per heavy atom. The molecule has 8 heteroatoms. The predicted octanol–water partition coefficient (Wildman–Crippen LogP) is 1.11. The fraction of sp³-hybridized carbons (Fsp3) is 0.700. The minimum Gasteiger partial charge on any atom is -0.382 e. The first kappa shape index (κ1) is 13.6. The molecular formula is C10H17N3O3S2. The van der Waals surface area contributed by atoms with Crippen LogP contribution in [-0.4, -0.2) is 37.8 Å². The van der Waals surface area contributed by atoms with Gasteiger partial charge >= 0.3 is 0 Å². The third-order valence-electron chi connectivity index (χ3n) is 3.13. The summed E-state index contributed by atoms with van der Waals surface area (Å²) in [6.45, 7) is 1.60. The summed E-state index contributed by atoms with van der Waals surface area (Å²) in [5, 5.41) is 3.74. The molecule has 6 nitrogen and oxygen atoms in total. The topological polar surface area (TPSA) is 94.3 Å². The monoisotopic (exact) mass is 291 g/mol. The zero-order chi connectivity index (χ0) is 13.3. The minimum atomic E-state index is -3.34. The first-order valence-corrected chi connectivity index (χ1v) is 8.17. The Bertz CT molecular complexity index is 520. The van der Waals surface area contributed by atoms with Crippen LogP contribution < -0.4 is 11.1 Å². The van der Waals surface area contributed by atoms with E-state index in [1.54, 1.807) is 14.0 Å². The summed E-state index contributed by atoms with van der Waals surface area (Å²) >= 11 is 1.10. The summed E-state index contributed by atoms with van der Waals surface area (Å²) in [7, 11) is -1.66. The van der Waals surface area contributed by atoms with Gasteiger partial charge in [0.25, 0.3) is 0 Å². The average molecular weight is 291 g/mol. The number of hydrogen-bond acceptors (Lipinski definition) is 7. The lowest BCUT2D eigenvalue weighted by molar-refractivity contribution is 0.0329. The van der Waals surface area contributed by atoms with Crippen LogP contribution in [0.15, 0.2) is 4.90 Å². The summed E-state index contributed by atoms with van der Waals surface area (Å²) in [6, 6.07) is 0.237. The standard InChI is InChI=1S/C10H17N3O3S2/c1-3-18(14,15)8-9(11)13-17-10(8)12-6-4-7(5-6)16-2/h6-7,12H,3-5H2,1-2H3,(H2,11,13). The van der Waals surface area contributed by atoms with Crippen LogP contribution in [0.25, 0.3) is 0 Å². The Morgan fingerprint density at radius 3 is 2.78 bits per heavy atom. The lowest BCUT2D eigenvalue weighted by Gasteiger charge is -2.34. The second-order valence-corrected chi connectivity index (χ2v) is 7.29. The largest absolute Gasteiger partial charge is 0.382 e. The average Bonchev–Trinajstić information content (AvgIpc) is 2.65. The summed E-state index contributed by atoms with van der Waals surface area (Å²) in [5.41, 5.74) is 5.65. The van der Waals surface area contributed by atoms with Crippen LogP contribution in [0.2, 0.25) is 0 Å². The number of nitrogens with two attached hydrogens (primary N) is 1. The highest BCUT2D eigenvalue weighted by Gasteiger charge is 2.32. The molecule has 0 saturated heterocycles. The van der Waals surface area contributed by atoms with E-state index in [4.69, 9.17) is 10.5 Å². The molecule has 18 heavy (non-hydrogen) atoms. The quantitative estimate of drug-likeness (QED) is 0.844. The van der Waals surface area contributed by atoms with Gasteiger partial charge in [-0.3, -0.25) is 0 Å². The van der Waals surface area contributed by atoms with Crippen molar-refractivity contribution in [3.63, 3.8) is 0 Å². The predicted molar refractivity (Wildman–Crippen MR) is 71.7 cm³/mol. The summed E-state index contributed by atoms with van der Waals surface area (Å²) < 4.78 is 33.0. The maximum Gasteiger partial charge on any atom is 0.184 e. The molecular weight excluding hydrogens is 274 g/mol. The van der Waals surface area contributed by atoms with Crippen molar-refractivity contribution in [2.24, 2.45) is 0 Å². The van der Waals surface area contributed by atoms with E-state index in [1.807, 2.05) is 0 Å². The third kappa shape index (κ3) is 2.45. The van der Waals surface area contributed by atoms with Crippen molar-refractivity contribution in [2.45, 2.75) is 36.8 Å². The maximum absolute atomic E-state index is 11.9. The number of rotatable bonds is 5. The van der Waals surface area contributed by atoms with E-state index in [-0.39, 0.29) is 28.6 Å². The number of anilines is 2. The van der Waals surface area contributed by atoms with E-state index < -0.39 is 9.84 Å². The summed E-state index contributed by atoms with van der Waals surface area (Å²) in [5.74, 6) is 0.113. The van der Waals surface area contributed by atoms with Gasteiger partial charge in [-0.05, 0) is 24.4 Å². The number of nitrogens with zero attached hydrogens (tertiary/aromatic N) is 1. The Labute approximate surface area is 111 Å². The number of nitrogens with one attached hydrogen (secondary N) is 1. The SMILES string of the molecule is CCS(=O)(=O)c1c(N)nsc1NC1CC(OC)C1. The number of sulfone groups is 1. The lowest BCUT2D eigenvalue weighted by atomic mass is 9.89. The number of hydrogen-bond donors (Lipinski definition) is 2. The van der Waals surface area contributed by atoms with Crippen molar-refractivity contribution < 1.29 is 13.2 Å². The van der Waals surface area contributed by atoms with Gasteiger partial charge in [-0.25, -0.2) is 8.42 Å². The highest BCUT2D eigenvalue weighted by Crippen LogP contribution is 2.35. The second kappa shape index (κ2) is 5.02. The summed E-state index contributed by atoms with van der Waals surface area (Å²) in [6.07, 6.45) is 2.01. The molecule has 102 valence electrons. The molecule has 1 aliphatic carbocycles. The van der Waals surface area contributed by atoms with Gasteiger partial charge in [0, 0.05) is 13.2 Å². The Morgan fingerprint density at radius 1 is 1.56 bits per heavy atom. The van der Waals surface area contributed by atoms with E-state index in [1.165, 1.54) is 0 Å². The van der Waals surface area contributed by atoms with Crippen LogP contribution in [0.1, 0.15) is 19.8 Å². The normalized spacial score (nSPS) is 23.7. The minimum absolute atomic E-state index is 0.0235. The van der Waals surface area contributed by atoms with Gasteiger partial charge in [-0.15, -0.1) is 0 Å². The van der Waals surface area contributed by atoms with Crippen molar-refractivity contribution in [3.8, 4) is 0 Å². The Kier molecular flexibility index (Phi) is 3.79.